The van der Waals surface area contributed by atoms with Gasteiger partial charge in [-0.25, -0.2) is 9.78 Å². The van der Waals surface area contributed by atoms with Crippen LogP contribution in [0.5, 0.6) is 5.75 Å². The number of carbonyl (C=O) groups is 2. The number of ether oxygens (including phenoxy) is 2. The third-order valence-electron chi connectivity index (χ3n) is 7.05. The van der Waals surface area contributed by atoms with E-state index in [4.69, 9.17) is 20.2 Å². The van der Waals surface area contributed by atoms with E-state index in [2.05, 4.69) is 4.57 Å². The zero-order valence-corrected chi connectivity index (χ0v) is 21.4. The first-order valence-corrected chi connectivity index (χ1v) is 12.2. The molecule has 0 radical (unpaired) electrons. The van der Waals surface area contributed by atoms with Gasteiger partial charge in [-0.1, -0.05) is 0 Å². The number of carbonyl (C=O) groups excluding carboxylic acids is 2. The third kappa shape index (κ3) is 4.09. The Morgan fingerprint density at radius 1 is 1.16 bits per heavy atom. The van der Waals surface area contributed by atoms with Crippen LogP contribution in [0.3, 0.4) is 0 Å². The molecule has 0 saturated carbocycles. The van der Waals surface area contributed by atoms with E-state index in [0.29, 0.717) is 48.6 Å². The quantitative estimate of drug-likeness (QED) is 0.443. The molecule has 37 heavy (non-hydrogen) atoms. The maximum Gasteiger partial charge on any atom is 0.404 e. The molecule has 0 unspecified atom stereocenters. The van der Waals surface area contributed by atoms with Gasteiger partial charge >= 0.3 is 6.09 Å². The molecule has 11 nitrogen and oxygen atoms in total. The van der Waals surface area contributed by atoms with E-state index in [1.165, 1.54) is 0 Å². The van der Waals surface area contributed by atoms with Crippen LogP contribution in [-0.4, -0.2) is 61.9 Å². The van der Waals surface area contributed by atoms with Gasteiger partial charge in [-0.2, -0.15) is 0 Å². The summed E-state index contributed by atoms with van der Waals surface area (Å²) in [7, 11) is 5.23. The minimum atomic E-state index is -0.840. The van der Waals surface area contributed by atoms with Crippen LogP contribution < -0.4 is 16.0 Å². The van der Waals surface area contributed by atoms with Crippen molar-refractivity contribution in [2.75, 3.05) is 20.2 Å². The van der Waals surface area contributed by atoms with E-state index in [-0.39, 0.29) is 18.0 Å². The third-order valence-corrected chi connectivity index (χ3v) is 7.05. The Kier molecular flexibility index (Phi) is 6.14. The molecule has 2 N–H and O–H groups in total. The zero-order valence-electron chi connectivity index (χ0n) is 21.4. The number of likely N-dealkylation sites (tertiary alicyclic amines) is 1. The second-order valence-electron chi connectivity index (χ2n) is 9.28. The van der Waals surface area contributed by atoms with E-state index in [1.54, 1.807) is 41.8 Å². The summed E-state index contributed by atoms with van der Waals surface area (Å²) < 4.78 is 16.5. The number of amides is 2. The van der Waals surface area contributed by atoms with Crippen LogP contribution in [-0.2, 0) is 25.4 Å². The van der Waals surface area contributed by atoms with Crippen molar-refractivity contribution in [3.05, 3.63) is 46.2 Å². The van der Waals surface area contributed by atoms with Crippen LogP contribution in [0.1, 0.15) is 30.1 Å². The predicted octanol–water partition coefficient (Wildman–Crippen LogP) is 2.62. The summed E-state index contributed by atoms with van der Waals surface area (Å²) in [4.78, 5) is 43.5. The Labute approximate surface area is 213 Å². The molecule has 194 valence electrons. The van der Waals surface area contributed by atoms with Gasteiger partial charge in [0, 0.05) is 44.2 Å². The number of hydrogen-bond acceptors (Lipinski definition) is 6. The molecular weight excluding hydrogens is 476 g/mol. The number of nitrogens with zero attached hydrogens (tertiary/aromatic N) is 5. The van der Waals surface area contributed by atoms with Gasteiger partial charge < -0.3 is 29.2 Å². The van der Waals surface area contributed by atoms with Crippen LogP contribution in [0.4, 0.5) is 4.79 Å². The summed E-state index contributed by atoms with van der Waals surface area (Å²) in [6, 6.07) is 8.87. The van der Waals surface area contributed by atoms with Crippen LogP contribution in [0.25, 0.3) is 33.6 Å². The topological polar surface area (TPSA) is 127 Å². The highest BCUT2D eigenvalue weighted by molar-refractivity contribution is 6.00. The average molecular weight is 507 g/mol. The number of aryl methyl sites for hydroxylation is 3. The number of aromatic nitrogens is 4. The highest BCUT2D eigenvalue weighted by atomic mass is 16.6. The number of pyridine rings is 1. The Morgan fingerprint density at radius 3 is 2.65 bits per heavy atom. The normalized spacial score (nSPS) is 15.9. The lowest BCUT2D eigenvalue weighted by atomic mass is 10.1. The van der Waals surface area contributed by atoms with E-state index in [1.807, 2.05) is 30.7 Å². The molecule has 4 aromatic rings. The Morgan fingerprint density at radius 2 is 1.95 bits per heavy atom. The zero-order chi connectivity index (χ0) is 26.4. The van der Waals surface area contributed by atoms with Crippen LogP contribution in [0.2, 0.25) is 0 Å². The second kappa shape index (κ2) is 9.30. The molecule has 1 fully saturated rings. The number of methoxy groups -OCH3 is 1. The molecule has 3 aromatic heterocycles. The summed E-state index contributed by atoms with van der Waals surface area (Å²) in [5.41, 5.74) is 8.57. The van der Waals surface area contributed by atoms with Gasteiger partial charge in [0.15, 0.2) is 5.82 Å². The number of piperidine rings is 1. The highest BCUT2D eigenvalue weighted by Gasteiger charge is 2.28. The minimum absolute atomic E-state index is 0.0807. The lowest BCUT2D eigenvalue weighted by Gasteiger charge is -2.32. The second-order valence-corrected chi connectivity index (χ2v) is 9.28. The molecule has 5 rings (SSSR count). The number of fused-ring (bicyclic) bond motifs is 2. The molecule has 0 spiro atoms. The van der Waals surface area contributed by atoms with E-state index in [9.17, 15) is 14.4 Å². The minimum Gasteiger partial charge on any atom is -0.494 e. The molecule has 4 heterocycles. The van der Waals surface area contributed by atoms with Crippen molar-refractivity contribution in [2.45, 2.75) is 32.4 Å². The molecule has 1 saturated heterocycles. The summed E-state index contributed by atoms with van der Waals surface area (Å²) >= 11 is 0. The molecule has 11 heteroatoms. The van der Waals surface area contributed by atoms with Crippen LogP contribution in [0, 0.1) is 0 Å². The number of hydrogen-bond donors (Lipinski definition) is 1. The fourth-order valence-corrected chi connectivity index (χ4v) is 5.32. The first-order chi connectivity index (χ1) is 17.7. The predicted molar refractivity (Wildman–Crippen MR) is 139 cm³/mol. The summed E-state index contributed by atoms with van der Waals surface area (Å²) in [5.74, 6) is 1.02. The van der Waals surface area contributed by atoms with Crippen molar-refractivity contribution < 1.29 is 19.1 Å². The number of primary amides is 1. The maximum absolute atomic E-state index is 13.4. The molecule has 1 aliphatic rings. The summed E-state index contributed by atoms with van der Waals surface area (Å²) in [6.07, 6.45) is 0.110. The monoisotopic (exact) mass is 506 g/mol. The average Bonchev–Trinajstić information content (AvgIpc) is 3.42. The van der Waals surface area contributed by atoms with Gasteiger partial charge in [-0.3, -0.25) is 14.2 Å². The first kappa shape index (κ1) is 24.4. The molecule has 1 aromatic carbocycles. The SMILES string of the molecule is CCn1c(-c2nc3cc(C(=O)N4CCC[C@@H](OC(N)=O)C4)cc(OC)c3n2C)cc2ccc(=O)n(C)c21. The van der Waals surface area contributed by atoms with Gasteiger partial charge in [0.1, 0.15) is 23.0 Å². The fourth-order valence-electron chi connectivity index (χ4n) is 5.32. The molecule has 1 atom stereocenters. The van der Waals surface area contributed by atoms with Gasteiger partial charge in [0.2, 0.25) is 0 Å². The van der Waals surface area contributed by atoms with Crippen LogP contribution in [0.15, 0.2) is 35.1 Å². The van der Waals surface area contributed by atoms with Gasteiger partial charge in [0.25, 0.3) is 11.5 Å². The summed E-state index contributed by atoms with van der Waals surface area (Å²) in [6.45, 7) is 3.50. The number of nitrogens with two attached hydrogens (primary N) is 1. The van der Waals surface area contributed by atoms with Gasteiger partial charge in [-0.05, 0) is 44.0 Å². The van der Waals surface area contributed by atoms with Gasteiger partial charge in [0.05, 0.1) is 24.9 Å². The fraction of sp³-hybridized carbons (Fsp3) is 0.385. The van der Waals surface area contributed by atoms with Crippen molar-refractivity contribution in [1.82, 2.24) is 23.6 Å². The molecular formula is C26H30N6O5. The Hall–Kier alpha value is -4.28. The van der Waals surface area contributed by atoms with Gasteiger partial charge in [-0.15, -0.1) is 0 Å². The maximum atomic E-state index is 13.4. The van der Waals surface area contributed by atoms with Crippen LogP contribution >= 0.6 is 0 Å². The molecule has 0 bridgehead atoms. The summed E-state index contributed by atoms with van der Waals surface area (Å²) in [5, 5.41) is 0.937. The molecule has 2 amide bonds. The first-order valence-electron chi connectivity index (χ1n) is 12.2. The Balaban J connectivity index is 1.59. The Bertz CT molecular complexity index is 1600. The van der Waals surface area contributed by atoms with Crippen molar-refractivity contribution in [1.29, 1.82) is 0 Å². The van der Waals surface area contributed by atoms with Crippen molar-refractivity contribution in [3.63, 3.8) is 0 Å². The van der Waals surface area contributed by atoms with Crippen molar-refractivity contribution in [3.8, 4) is 17.3 Å². The van der Waals surface area contributed by atoms with E-state index in [0.717, 1.165) is 22.2 Å². The molecule has 1 aliphatic heterocycles. The highest BCUT2D eigenvalue weighted by Crippen LogP contribution is 2.34. The number of benzene rings is 1. The van der Waals surface area contributed by atoms with Crippen molar-refractivity contribution in [2.24, 2.45) is 19.8 Å². The smallest absolute Gasteiger partial charge is 0.404 e. The standard InChI is InChI=1S/C26H30N6O5/c1-5-32-19(12-15-8-9-21(33)29(2)24(15)32)23-28-18-11-16(13-20(36-4)22(18)30(23)3)25(34)31-10-6-7-17(14-31)37-26(27)35/h8-9,11-13,17H,5-7,10,14H2,1-4H3,(H2,27,35)/t17-/m1/s1. The number of imidazole rings is 1. The number of rotatable bonds is 5. The largest absolute Gasteiger partial charge is 0.494 e. The van der Waals surface area contributed by atoms with E-state index < -0.39 is 12.2 Å². The molecule has 0 aliphatic carbocycles. The van der Waals surface area contributed by atoms with Crippen molar-refractivity contribution >= 4 is 34.1 Å². The lowest BCUT2D eigenvalue weighted by Crippen LogP contribution is -2.44. The lowest BCUT2D eigenvalue weighted by molar-refractivity contribution is 0.0373. The van der Waals surface area contributed by atoms with E-state index >= 15 is 0 Å².